The highest BCUT2D eigenvalue weighted by atomic mass is 79.9. The molecule has 0 aliphatic heterocycles. The summed E-state index contributed by atoms with van der Waals surface area (Å²) < 4.78 is 3.29. The van der Waals surface area contributed by atoms with Gasteiger partial charge >= 0.3 is 0 Å². The van der Waals surface area contributed by atoms with Gasteiger partial charge in [0.1, 0.15) is 7.85 Å². The number of aromatic nitrogens is 1. The van der Waals surface area contributed by atoms with Crippen LogP contribution in [-0.4, -0.2) is 12.4 Å². The molecule has 0 spiro atoms. The van der Waals surface area contributed by atoms with E-state index < -0.39 is 0 Å². The van der Waals surface area contributed by atoms with Crippen molar-refractivity contribution in [2.45, 2.75) is 0 Å². The number of nitrogens with zero attached hydrogens (tertiary/aromatic N) is 2. The number of rotatable bonds is 1. The van der Waals surface area contributed by atoms with Crippen molar-refractivity contribution >= 4 is 51.0 Å². The molecule has 4 rings (SSSR count). The van der Waals surface area contributed by atoms with Gasteiger partial charge in [-0.05, 0) is 42.5 Å². The van der Waals surface area contributed by atoms with Crippen LogP contribution in [-0.2, 0) is 0 Å². The van der Waals surface area contributed by atoms with Crippen LogP contribution in [0.1, 0.15) is 5.56 Å². The van der Waals surface area contributed by atoms with Crippen molar-refractivity contribution < 1.29 is 0 Å². The zero-order valence-electron chi connectivity index (χ0n) is 12.5. The maximum absolute atomic E-state index is 9.19. The second-order valence-corrected chi connectivity index (χ2v) is 6.60. The van der Waals surface area contributed by atoms with Crippen LogP contribution >= 0.6 is 15.9 Å². The molecule has 0 radical (unpaired) electrons. The SMILES string of the molecule is Bc1ccc2c(c1)c1cc(Br)ccc1n2-c1cccc(C#N)c1. The van der Waals surface area contributed by atoms with Gasteiger partial charge in [0.25, 0.3) is 0 Å². The molecule has 1 heterocycles. The molecule has 0 saturated heterocycles. The summed E-state index contributed by atoms with van der Waals surface area (Å²) in [5.74, 6) is 0. The minimum Gasteiger partial charge on any atom is -0.309 e. The monoisotopic (exact) mass is 358 g/mol. The molecule has 108 valence electrons. The fraction of sp³-hybridized carbons (Fsp3) is 0. The molecule has 0 saturated carbocycles. The number of halogens is 1. The van der Waals surface area contributed by atoms with Crippen LogP contribution in [0, 0.1) is 11.3 Å². The Labute approximate surface area is 143 Å². The summed E-state index contributed by atoms with van der Waals surface area (Å²) in [6, 6.07) is 22.8. The molecule has 0 unspecified atom stereocenters. The van der Waals surface area contributed by atoms with Gasteiger partial charge in [0.2, 0.25) is 0 Å². The summed E-state index contributed by atoms with van der Waals surface area (Å²) in [5.41, 5.74) is 5.21. The standard InChI is InChI=1S/C19H12BBrN2/c20-13-4-6-18-16(9-13)17-10-14(21)5-7-19(17)23(18)15-3-1-2-12(8-15)11-22/h1-10H,20H2. The number of nitriles is 1. The van der Waals surface area contributed by atoms with Gasteiger partial charge in [0, 0.05) is 20.9 Å². The molecule has 2 nitrogen and oxygen atoms in total. The lowest BCUT2D eigenvalue weighted by molar-refractivity contribution is 1.18. The van der Waals surface area contributed by atoms with Crippen LogP contribution in [0.2, 0.25) is 0 Å². The minimum absolute atomic E-state index is 0.668. The van der Waals surface area contributed by atoms with Gasteiger partial charge in [-0.25, -0.2) is 0 Å². The Kier molecular flexibility index (Phi) is 3.25. The van der Waals surface area contributed by atoms with Crippen molar-refractivity contribution in [2.75, 3.05) is 0 Å². The van der Waals surface area contributed by atoms with Crippen LogP contribution in [0.3, 0.4) is 0 Å². The molecule has 0 N–H and O–H groups in total. The smallest absolute Gasteiger partial charge is 0.139 e. The Morgan fingerprint density at radius 3 is 2.43 bits per heavy atom. The number of benzene rings is 3. The molecule has 0 aliphatic rings. The fourth-order valence-electron chi connectivity index (χ4n) is 3.10. The second kappa shape index (κ2) is 5.29. The Morgan fingerprint density at radius 1 is 0.913 bits per heavy atom. The lowest BCUT2D eigenvalue weighted by Gasteiger charge is -2.08. The van der Waals surface area contributed by atoms with E-state index in [1.807, 2.05) is 24.3 Å². The average Bonchev–Trinajstić information content (AvgIpc) is 2.88. The highest BCUT2D eigenvalue weighted by molar-refractivity contribution is 9.10. The van der Waals surface area contributed by atoms with Gasteiger partial charge < -0.3 is 4.57 Å². The predicted molar refractivity (Wildman–Crippen MR) is 101 cm³/mol. The summed E-state index contributed by atoms with van der Waals surface area (Å²) >= 11 is 3.57. The molecule has 23 heavy (non-hydrogen) atoms. The first-order valence-electron chi connectivity index (χ1n) is 7.38. The van der Waals surface area contributed by atoms with E-state index in [9.17, 15) is 5.26 Å². The molecule has 1 aromatic heterocycles. The average molecular weight is 359 g/mol. The van der Waals surface area contributed by atoms with Crippen molar-refractivity contribution in [1.29, 1.82) is 5.26 Å². The molecule has 0 fully saturated rings. The maximum Gasteiger partial charge on any atom is 0.139 e. The van der Waals surface area contributed by atoms with Gasteiger partial charge in [0.05, 0.1) is 22.7 Å². The molecular formula is C19H12BBrN2. The van der Waals surface area contributed by atoms with Crippen LogP contribution < -0.4 is 5.46 Å². The fourth-order valence-corrected chi connectivity index (χ4v) is 3.46. The first-order valence-corrected chi connectivity index (χ1v) is 8.17. The highest BCUT2D eigenvalue weighted by Gasteiger charge is 2.12. The van der Waals surface area contributed by atoms with Gasteiger partial charge in [0.15, 0.2) is 0 Å². The maximum atomic E-state index is 9.19. The lowest BCUT2D eigenvalue weighted by atomic mass is 9.94. The summed E-state index contributed by atoms with van der Waals surface area (Å²) in [6.45, 7) is 0. The van der Waals surface area contributed by atoms with Crippen molar-refractivity contribution in [3.63, 3.8) is 0 Å². The van der Waals surface area contributed by atoms with Crippen LogP contribution in [0.4, 0.5) is 0 Å². The Hall–Kier alpha value is -2.51. The minimum atomic E-state index is 0.668. The Bertz CT molecular complexity index is 1050. The topological polar surface area (TPSA) is 28.7 Å². The van der Waals surface area contributed by atoms with Crippen molar-refractivity contribution in [2.24, 2.45) is 0 Å². The van der Waals surface area contributed by atoms with Crippen molar-refractivity contribution in [3.05, 3.63) is 70.7 Å². The quantitative estimate of drug-likeness (QED) is 0.477. The number of fused-ring (bicyclic) bond motifs is 3. The summed E-state index contributed by atoms with van der Waals surface area (Å²) in [7, 11) is 2.11. The zero-order valence-corrected chi connectivity index (χ0v) is 14.1. The molecule has 3 aromatic carbocycles. The van der Waals surface area contributed by atoms with Gasteiger partial charge in [-0.1, -0.05) is 39.6 Å². The predicted octanol–water partition coefficient (Wildman–Crippen LogP) is 3.68. The first-order chi connectivity index (χ1) is 11.2. The molecule has 4 heteroatoms. The van der Waals surface area contributed by atoms with Crippen LogP contribution in [0.5, 0.6) is 0 Å². The molecule has 4 aromatic rings. The molecular weight excluding hydrogens is 347 g/mol. The van der Waals surface area contributed by atoms with E-state index in [1.54, 1.807) is 0 Å². The van der Waals surface area contributed by atoms with E-state index in [1.165, 1.54) is 16.2 Å². The van der Waals surface area contributed by atoms with Gasteiger partial charge in [-0.3, -0.25) is 0 Å². The van der Waals surface area contributed by atoms with Gasteiger partial charge in [-0.15, -0.1) is 0 Å². The van der Waals surface area contributed by atoms with Crippen molar-refractivity contribution in [3.8, 4) is 11.8 Å². The molecule has 0 atom stereocenters. The molecule has 0 amide bonds. The summed E-state index contributed by atoms with van der Waals surface area (Å²) in [6.07, 6.45) is 0. The second-order valence-electron chi connectivity index (χ2n) is 5.68. The Morgan fingerprint density at radius 2 is 1.65 bits per heavy atom. The largest absolute Gasteiger partial charge is 0.309 e. The lowest BCUT2D eigenvalue weighted by Crippen LogP contribution is -2.00. The number of hydrogen-bond acceptors (Lipinski definition) is 1. The van der Waals surface area contributed by atoms with Crippen molar-refractivity contribution in [1.82, 2.24) is 4.57 Å². The molecule has 0 bridgehead atoms. The first kappa shape index (κ1) is 14.1. The normalized spacial score (nSPS) is 11.0. The van der Waals surface area contributed by atoms with E-state index in [0.717, 1.165) is 21.2 Å². The highest BCUT2D eigenvalue weighted by Crippen LogP contribution is 2.33. The third-order valence-corrected chi connectivity index (χ3v) is 4.61. The van der Waals surface area contributed by atoms with E-state index in [0.29, 0.717) is 5.56 Å². The van der Waals surface area contributed by atoms with Gasteiger partial charge in [-0.2, -0.15) is 5.26 Å². The zero-order chi connectivity index (χ0) is 16.0. The van der Waals surface area contributed by atoms with E-state index in [-0.39, 0.29) is 0 Å². The Balaban J connectivity index is 2.18. The van der Waals surface area contributed by atoms with E-state index >= 15 is 0 Å². The molecule has 0 aliphatic carbocycles. The number of hydrogen-bond donors (Lipinski definition) is 0. The third-order valence-electron chi connectivity index (χ3n) is 4.12. The third kappa shape index (κ3) is 2.25. The van der Waals surface area contributed by atoms with Crippen LogP contribution in [0.25, 0.3) is 27.5 Å². The van der Waals surface area contributed by atoms with E-state index in [4.69, 9.17) is 0 Å². The van der Waals surface area contributed by atoms with E-state index in [2.05, 4.69) is 70.8 Å². The van der Waals surface area contributed by atoms with Crippen LogP contribution in [0.15, 0.2) is 65.1 Å². The summed E-state index contributed by atoms with van der Waals surface area (Å²) in [5, 5.41) is 11.6. The summed E-state index contributed by atoms with van der Waals surface area (Å²) in [4.78, 5) is 0.